The van der Waals surface area contributed by atoms with Crippen LogP contribution in [0.15, 0.2) is 11.1 Å². The number of carbonyl (C=O) groups is 1. The molecule has 21 heavy (non-hydrogen) atoms. The van der Waals surface area contributed by atoms with E-state index in [0.29, 0.717) is 23.4 Å². The fourth-order valence-corrected chi connectivity index (χ4v) is 4.44. The molecule has 0 saturated heterocycles. The number of hydrogen-bond acceptors (Lipinski definition) is 4. The molecule has 2 aliphatic carbocycles. The van der Waals surface area contributed by atoms with E-state index in [1.165, 1.54) is 6.07 Å². The van der Waals surface area contributed by atoms with Crippen molar-refractivity contribution in [1.29, 1.82) is 0 Å². The number of hydrogen-bond donors (Lipinski definition) is 2. The molecule has 1 aromatic rings. The van der Waals surface area contributed by atoms with Gasteiger partial charge in [-0.05, 0) is 24.7 Å². The zero-order chi connectivity index (χ0) is 14.9. The van der Waals surface area contributed by atoms with E-state index in [-0.39, 0.29) is 33.5 Å². The van der Waals surface area contributed by atoms with Crippen molar-refractivity contribution in [3.05, 3.63) is 16.7 Å². The molecule has 4 nitrogen and oxygen atoms in total. The predicted molar refractivity (Wildman–Crippen MR) is 80.1 cm³/mol. The molecule has 0 amide bonds. The molecule has 2 fully saturated rings. The van der Waals surface area contributed by atoms with E-state index in [1.807, 2.05) is 6.21 Å². The minimum Gasteiger partial charge on any atom is -0.504 e. The number of rotatable bonds is 3. The number of alkyl halides is 1. The van der Waals surface area contributed by atoms with Crippen molar-refractivity contribution < 1.29 is 15.0 Å². The van der Waals surface area contributed by atoms with Gasteiger partial charge in [0.1, 0.15) is 0 Å². The van der Waals surface area contributed by atoms with Crippen molar-refractivity contribution in [3.63, 3.8) is 0 Å². The van der Waals surface area contributed by atoms with Crippen molar-refractivity contribution in [1.82, 2.24) is 0 Å². The largest absolute Gasteiger partial charge is 0.504 e. The van der Waals surface area contributed by atoms with Crippen molar-refractivity contribution in [3.8, 4) is 11.5 Å². The highest BCUT2D eigenvalue weighted by Gasteiger charge is 2.87. The van der Waals surface area contributed by atoms with Crippen molar-refractivity contribution in [2.75, 3.05) is 5.88 Å². The minimum atomic E-state index is -0.456. The summed E-state index contributed by atoms with van der Waals surface area (Å²) in [6.45, 7) is 0. The van der Waals surface area contributed by atoms with E-state index < -0.39 is 5.75 Å². The summed E-state index contributed by atoms with van der Waals surface area (Å²) in [5.41, 5.74) is 0.438. The molecule has 4 rings (SSSR count). The highest BCUT2D eigenvalue weighted by molar-refractivity contribution is 6.37. The molecule has 0 bridgehead atoms. The summed E-state index contributed by atoms with van der Waals surface area (Å²) in [6, 6.07) is 1.29. The van der Waals surface area contributed by atoms with Gasteiger partial charge < -0.3 is 10.2 Å². The number of carbonyl (C=O) groups excluding carboxylic acids is 1. The zero-order valence-corrected chi connectivity index (χ0v) is 12.5. The molecule has 2 N–H and O–H groups in total. The second-order valence-electron chi connectivity index (χ2n) is 6.02. The van der Waals surface area contributed by atoms with Crippen molar-refractivity contribution in [2.45, 2.75) is 12.8 Å². The van der Waals surface area contributed by atoms with Crippen molar-refractivity contribution in [2.24, 2.45) is 28.2 Å². The van der Waals surface area contributed by atoms with Gasteiger partial charge in [0, 0.05) is 29.5 Å². The fourth-order valence-electron chi connectivity index (χ4n) is 4.00. The number of Topliss-reactive ketones (excluding diaryl/α,β-unsaturated/α-hetero) is 1. The minimum absolute atomic E-state index is 0.0741. The molecule has 3 aliphatic rings. The standard InChI is InChI=1S/C15H13Cl2NO3/c16-3-1-2-6-10-11-14(21)9-7(18-5-15(6,10)11)4-8(19)13(20)12(9)17/h4-6,10-11,19-20H,1-3H2. The van der Waals surface area contributed by atoms with Gasteiger partial charge >= 0.3 is 0 Å². The van der Waals surface area contributed by atoms with Crippen LogP contribution in [0.3, 0.4) is 0 Å². The van der Waals surface area contributed by atoms with Crippen LogP contribution in [-0.4, -0.2) is 28.1 Å². The number of nitrogens with zero attached hydrogens (tertiary/aromatic N) is 1. The van der Waals surface area contributed by atoms with Gasteiger partial charge in [0.2, 0.25) is 0 Å². The van der Waals surface area contributed by atoms with E-state index >= 15 is 0 Å². The molecule has 1 aliphatic heterocycles. The summed E-state index contributed by atoms with van der Waals surface area (Å²) in [6.07, 6.45) is 3.79. The van der Waals surface area contributed by atoms with Crippen LogP contribution in [0, 0.1) is 23.2 Å². The van der Waals surface area contributed by atoms with Gasteiger partial charge in [0.15, 0.2) is 17.3 Å². The summed E-state index contributed by atoms with van der Waals surface area (Å²) in [5.74, 6) is 0.481. The highest BCUT2D eigenvalue weighted by atomic mass is 35.5. The first-order valence-electron chi connectivity index (χ1n) is 6.94. The van der Waals surface area contributed by atoms with Crippen LogP contribution in [0.25, 0.3) is 0 Å². The van der Waals surface area contributed by atoms with Crippen LogP contribution < -0.4 is 0 Å². The van der Waals surface area contributed by atoms with Crippen LogP contribution in [0.5, 0.6) is 11.5 Å². The predicted octanol–water partition coefficient (Wildman–Crippen LogP) is 3.53. The number of ketones is 1. The van der Waals surface area contributed by atoms with E-state index in [2.05, 4.69) is 4.99 Å². The second-order valence-corrected chi connectivity index (χ2v) is 6.77. The quantitative estimate of drug-likeness (QED) is 0.659. The Hall–Kier alpha value is -1.26. The molecule has 4 atom stereocenters. The summed E-state index contributed by atoms with van der Waals surface area (Å²) >= 11 is 11.8. The Balaban J connectivity index is 1.71. The van der Waals surface area contributed by atoms with E-state index in [1.54, 1.807) is 0 Å². The summed E-state index contributed by atoms with van der Waals surface area (Å²) in [5, 5.41) is 19.2. The SMILES string of the molecule is O=C1c2c(cc(O)c(O)c2Cl)N=CC23C(CCCCl)C2C13. The maximum absolute atomic E-state index is 12.6. The normalized spacial score (nSPS) is 34.8. The maximum Gasteiger partial charge on any atom is 0.177 e. The van der Waals surface area contributed by atoms with Gasteiger partial charge in [-0.2, -0.15) is 0 Å². The van der Waals surface area contributed by atoms with E-state index in [4.69, 9.17) is 23.2 Å². The Morgan fingerprint density at radius 1 is 1.38 bits per heavy atom. The molecular formula is C15H13Cl2NO3. The lowest BCUT2D eigenvalue weighted by Crippen LogP contribution is -2.18. The summed E-state index contributed by atoms with van der Waals surface area (Å²) in [7, 11) is 0. The molecule has 6 heteroatoms. The second kappa shape index (κ2) is 4.14. The van der Waals surface area contributed by atoms with Crippen LogP contribution in [0.2, 0.25) is 5.02 Å². The van der Waals surface area contributed by atoms with Gasteiger partial charge in [-0.3, -0.25) is 9.79 Å². The van der Waals surface area contributed by atoms with Crippen LogP contribution >= 0.6 is 23.2 Å². The lowest BCUT2D eigenvalue weighted by molar-refractivity contribution is 0.0925. The fraction of sp³-hybridized carbons (Fsp3) is 0.467. The first-order chi connectivity index (χ1) is 10.0. The first kappa shape index (κ1) is 13.4. The molecule has 1 heterocycles. The topological polar surface area (TPSA) is 69.9 Å². The van der Waals surface area contributed by atoms with Gasteiger partial charge in [0.25, 0.3) is 0 Å². The molecule has 0 aromatic heterocycles. The number of phenols is 2. The third kappa shape index (κ3) is 1.52. The average molecular weight is 326 g/mol. The molecule has 1 aromatic carbocycles. The number of benzene rings is 1. The van der Waals surface area contributed by atoms with Gasteiger partial charge in [-0.1, -0.05) is 11.6 Å². The van der Waals surface area contributed by atoms with E-state index in [0.717, 1.165) is 12.8 Å². The highest BCUT2D eigenvalue weighted by Crippen LogP contribution is 2.85. The van der Waals surface area contributed by atoms with Crippen LogP contribution in [0.1, 0.15) is 23.2 Å². The first-order valence-corrected chi connectivity index (χ1v) is 7.85. The lowest BCUT2D eigenvalue weighted by Gasteiger charge is -2.14. The number of aromatic hydroxyl groups is 2. The molecular weight excluding hydrogens is 313 g/mol. The molecule has 0 radical (unpaired) electrons. The third-order valence-corrected chi connectivity index (χ3v) is 5.77. The van der Waals surface area contributed by atoms with Gasteiger partial charge in [-0.15, -0.1) is 11.6 Å². The van der Waals surface area contributed by atoms with Crippen LogP contribution in [-0.2, 0) is 0 Å². The van der Waals surface area contributed by atoms with Gasteiger partial charge in [0.05, 0.1) is 16.3 Å². The Bertz CT molecular complexity index is 703. The maximum atomic E-state index is 12.6. The molecule has 1 spiro atoms. The zero-order valence-electron chi connectivity index (χ0n) is 11.0. The van der Waals surface area contributed by atoms with Crippen LogP contribution in [0.4, 0.5) is 5.69 Å². The summed E-state index contributed by atoms with van der Waals surface area (Å²) in [4.78, 5) is 17.0. The molecule has 110 valence electrons. The molecule has 4 unspecified atom stereocenters. The monoisotopic (exact) mass is 325 g/mol. The Morgan fingerprint density at radius 2 is 2.14 bits per heavy atom. The number of phenolic OH excluding ortho intramolecular Hbond substituents is 2. The average Bonchev–Trinajstić information content (AvgIpc) is 3.29. The Labute approximate surface area is 131 Å². The third-order valence-electron chi connectivity index (χ3n) is 5.14. The number of fused-ring (bicyclic) bond motifs is 2. The van der Waals surface area contributed by atoms with E-state index in [9.17, 15) is 15.0 Å². The van der Waals surface area contributed by atoms with Gasteiger partial charge in [-0.25, -0.2) is 0 Å². The number of halogens is 2. The lowest BCUT2D eigenvalue weighted by atomic mass is 9.88. The molecule has 2 saturated carbocycles. The smallest absolute Gasteiger partial charge is 0.177 e. The van der Waals surface area contributed by atoms with Crippen molar-refractivity contribution >= 4 is 40.9 Å². The number of aliphatic imine (C=N–C) groups is 1. The Kier molecular flexibility index (Phi) is 2.64. The summed E-state index contributed by atoms with van der Waals surface area (Å²) < 4.78 is 0. The Morgan fingerprint density at radius 3 is 2.86 bits per heavy atom.